The Morgan fingerprint density at radius 2 is 1.89 bits per heavy atom. The highest BCUT2D eigenvalue weighted by Gasteiger charge is 2.22. The van der Waals surface area contributed by atoms with Crippen LogP contribution in [0.25, 0.3) is 0 Å². The molecule has 0 saturated carbocycles. The van der Waals surface area contributed by atoms with Crippen molar-refractivity contribution in [1.29, 1.82) is 0 Å². The molecule has 1 N–H and O–H groups in total. The van der Waals surface area contributed by atoms with E-state index in [1.165, 1.54) is 23.5 Å². The number of sulfonamides is 1. The van der Waals surface area contributed by atoms with Crippen LogP contribution >= 0.6 is 50.5 Å². The fourth-order valence-corrected chi connectivity index (χ4v) is 5.11. The number of rotatable bonds is 4. The van der Waals surface area contributed by atoms with Gasteiger partial charge in [-0.3, -0.25) is 0 Å². The summed E-state index contributed by atoms with van der Waals surface area (Å²) in [5, 5.41) is 2.04. The minimum absolute atomic E-state index is 0.0815. The van der Waals surface area contributed by atoms with Crippen molar-refractivity contribution < 1.29 is 8.42 Å². The Labute approximate surface area is 133 Å². The van der Waals surface area contributed by atoms with Crippen molar-refractivity contribution in [3.63, 3.8) is 0 Å². The van der Waals surface area contributed by atoms with E-state index >= 15 is 0 Å². The van der Waals surface area contributed by atoms with Crippen LogP contribution in [0.15, 0.2) is 39.0 Å². The van der Waals surface area contributed by atoms with Crippen LogP contribution in [0.3, 0.4) is 0 Å². The monoisotopic (exact) mass is 399 g/mol. The van der Waals surface area contributed by atoms with Gasteiger partial charge < -0.3 is 0 Å². The Balaban J connectivity index is 2.29. The molecule has 19 heavy (non-hydrogen) atoms. The molecule has 1 heterocycles. The van der Waals surface area contributed by atoms with Gasteiger partial charge in [-0.05, 0) is 23.6 Å². The summed E-state index contributed by atoms with van der Waals surface area (Å²) >= 11 is 16.6. The van der Waals surface area contributed by atoms with E-state index in [0.29, 0.717) is 4.47 Å². The van der Waals surface area contributed by atoms with Crippen molar-refractivity contribution in [2.24, 2.45) is 0 Å². The van der Waals surface area contributed by atoms with Gasteiger partial charge in [0, 0.05) is 15.9 Å². The lowest BCUT2D eigenvalue weighted by Crippen LogP contribution is -2.23. The molecule has 2 aromatic rings. The van der Waals surface area contributed by atoms with Gasteiger partial charge >= 0.3 is 0 Å². The molecule has 3 nitrogen and oxygen atoms in total. The third-order valence-electron chi connectivity index (χ3n) is 2.25. The second-order valence-electron chi connectivity index (χ2n) is 3.60. The molecule has 0 aliphatic heterocycles. The normalized spacial score (nSPS) is 11.7. The Morgan fingerprint density at radius 1 is 1.26 bits per heavy atom. The second-order valence-corrected chi connectivity index (χ2v) is 8.07. The van der Waals surface area contributed by atoms with E-state index in [-0.39, 0.29) is 21.5 Å². The highest BCUT2D eigenvalue weighted by Crippen LogP contribution is 2.32. The molecule has 0 spiro atoms. The SMILES string of the molecule is O=S(=O)(NCc1cccs1)c1c(Cl)cc(Br)cc1Cl. The van der Waals surface area contributed by atoms with Crippen molar-refractivity contribution in [1.82, 2.24) is 4.72 Å². The van der Waals surface area contributed by atoms with Crippen LogP contribution in [0.2, 0.25) is 10.0 Å². The summed E-state index contributed by atoms with van der Waals surface area (Å²) in [5.41, 5.74) is 0. The molecular formula is C11H8BrCl2NO2S2. The van der Waals surface area contributed by atoms with Crippen LogP contribution in [-0.4, -0.2) is 8.42 Å². The average Bonchev–Trinajstić information content (AvgIpc) is 2.77. The number of hydrogen-bond donors (Lipinski definition) is 1. The van der Waals surface area contributed by atoms with E-state index in [9.17, 15) is 8.42 Å². The smallest absolute Gasteiger partial charge is 0.207 e. The van der Waals surface area contributed by atoms with E-state index in [1.54, 1.807) is 0 Å². The quantitative estimate of drug-likeness (QED) is 0.831. The Kier molecular flexibility index (Phi) is 4.92. The van der Waals surface area contributed by atoms with Crippen molar-refractivity contribution >= 4 is 60.5 Å². The van der Waals surface area contributed by atoms with E-state index in [2.05, 4.69) is 20.7 Å². The molecule has 2 rings (SSSR count). The summed E-state index contributed by atoms with van der Waals surface area (Å²) < 4.78 is 27.5. The lowest BCUT2D eigenvalue weighted by molar-refractivity contribution is 0.582. The minimum atomic E-state index is -3.74. The lowest BCUT2D eigenvalue weighted by Gasteiger charge is -2.10. The third kappa shape index (κ3) is 3.71. The van der Waals surface area contributed by atoms with Gasteiger partial charge in [0.05, 0.1) is 10.0 Å². The van der Waals surface area contributed by atoms with E-state index in [4.69, 9.17) is 23.2 Å². The first kappa shape index (κ1) is 15.3. The van der Waals surface area contributed by atoms with Crippen LogP contribution in [0.1, 0.15) is 4.88 Å². The van der Waals surface area contributed by atoms with Gasteiger partial charge in [0.2, 0.25) is 10.0 Å². The zero-order valence-corrected chi connectivity index (χ0v) is 14.1. The first-order chi connectivity index (χ1) is 8.90. The van der Waals surface area contributed by atoms with Crippen molar-refractivity contribution in [2.75, 3.05) is 0 Å². The minimum Gasteiger partial charge on any atom is -0.207 e. The van der Waals surface area contributed by atoms with Gasteiger partial charge in [0.1, 0.15) is 4.90 Å². The van der Waals surface area contributed by atoms with Crippen LogP contribution in [0, 0.1) is 0 Å². The topological polar surface area (TPSA) is 46.2 Å². The maximum Gasteiger partial charge on any atom is 0.243 e. The molecule has 0 unspecified atom stereocenters. The number of nitrogens with one attached hydrogen (secondary N) is 1. The summed E-state index contributed by atoms with van der Waals surface area (Å²) in [5.74, 6) is 0. The van der Waals surface area contributed by atoms with Crippen molar-refractivity contribution in [3.05, 3.63) is 49.0 Å². The van der Waals surface area contributed by atoms with Crippen molar-refractivity contribution in [2.45, 2.75) is 11.4 Å². The summed E-state index contributed by atoms with van der Waals surface area (Å²) in [4.78, 5) is 0.809. The molecule has 0 atom stereocenters. The van der Waals surface area contributed by atoms with Crippen LogP contribution in [-0.2, 0) is 16.6 Å². The largest absolute Gasteiger partial charge is 0.243 e. The summed E-state index contributed by atoms with van der Waals surface area (Å²) in [6, 6.07) is 6.69. The van der Waals surface area contributed by atoms with Crippen molar-refractivity contribution in [3.8, 4) is 0 Å². The molecule has 1 aromatic carbocycles. The molecule has 0 amide bonds. The standard InChI is InChI=1S/C11H8BrCl2NO2S2/c12-7-4-9(13)11(10(14)5-7)19(16,17)15-6-8-2-1-3-18-8/h1-5,15H,6H2. The molecule has 102 valence electrons. The Morgan fingerprint density at radius 3 is 2.42 bits per heavy atom. The number of hydrogen-bond acceptors (Lipinski definition) is 3. The predicted octanol–water partition coefficient (Wildman–Crippen LogP) is 4.30. The molecule has 0 aliphatic carbocycles. The number of benzene rings is 1. The van der Waals surface area contributed by atoms with E-state index < -0.39 is 10.0 Å². The lowest BCUT2D eigenvalue weighted by atomic mass is 10.4. The van der Waals surface area contributed by atoms with Crippen LogP contribution in [0.5, 0.6) is 0 Å². The fourth-order valence-electron chi connectivity index (χ4n) is 1.44. The molecule has 0 radical (unpaired) electrons. The van der Waals surface area contributed by atoms with E-state index in [1.807, 2.05) is 17.5 Å². The van der Waals surface area contributed by atoms with Crippen LogP contribution in [0.4, 0.5) is 0 Å². The summed E-state index contributed by atoms with van der Waals surface area (Å²) in [6.07, 6.45) is 0. The third-order valence-corrected chi connectivity index (χ3v) is 5.90. The molecule has 0 aliphatic rings. The molecule has 8 heteroatoms. The zero-order valence-electron chi connectivity index (χ0n) is 9.36. The highest BCUT2D eigenvalue weighted by molar-refractivity contribution is 9.10. The van der Waals surface area contributed by atoms with Crippen LogP contribution < -0.4 is 4.72 Å². The Bertz CT molecular complexity index is 664. The first-order valence-electron chi connectivity index (χ1n) is 5.07. The van der Waals surface area contributed by atoms with Gasteiger partial charge in [-0.15, -0.1) is 11.3 Å². The molecule has 0 bridgehead atoms. The second kappa shape index (κ2) is 6.11. The number of halogens is 3. The maximum atomic E-state index is 12.2. The zero-order chi connectivity index (χ0) is 14.0. The number of thiophene rings is 1. The fraction of sp³-hybridized carbons (Fsp3) is 0.0909. The average molecular weight is 401 g/mol. The van der Waals surface area contributed by atoms with E-state index in [0.717, 1.165) is 4.88 Å². The summed E-state index contributed by atoms with van der Waals surface area (Å²) in [6.45, 7) is 0.211. The first-order valence-corrected chi connectivity index (χ1v) is 8.98. The van der Waals surface area contributed by atoms with Gasteiger partial charge in [0.15, 0.2) is 0 Å². The molecular weight excluding hydrogens is 393 g/mol. The van der Waals surface area contributed by atoms with Gasteiger partial charge in [-0.1, -0.05) is 45.2 Å². The Hall–Kier alpha value is -0.110. The maximum absolute atomic E-state index is 12.2. The molecule has 0 fully saturated rings. The van der Waals surface area contributed by atoms with Gasteiger partial charge in [-0.2, -0.15) is 0 Å². The molecule has 0 saturated heterocycles. The van der Waals surface area contributed by atoms with Gasteiger partial charge in [0.25, 0.3) is 0 Å². The molecule has 1 aromatic heterocycles. The highest BCUT2D eigenvalue weighted by atomic mass is 79.9. The summed E-state index contributed by atoms with van der Waals surface area (Å²) in [7, 11) is -3.74. The predicted molar refractivity (Wildman–Crippen MR) is 82.5 cm³/mol. The van der Waals surface area contributed by atoms with Gasteiger partial charge in [-0.25, -0.2) is 13.1 Å².